The lowest BCUT2D eigenvalue weighted by Gasteiger charge is -2.13. The second-order valence-electron chi connectivity index (χ2n) is 5.21. The standard InChI is InChI=1S/C16H16N2O3/c1-18-15(20)8-13(16(18)21)17-9-12-11-5-3-2-4-10(11)6-7-14(12)19/h2-7,13,17,19H,8-9H2,1H3. The number of carbonyl (C=O) groups excluding carboxylic acids is 2. The van der Waals surface area contributed by atoms with Gasteiger partial charge in [-0.3, -0.25) is 14.5 Å². The number of fused-ring (bicyclic) bond motifs is 1. The van der Waals surface area contributed by atoms with E-state index in [9.17, 15) is 14.7 Å². The van der Waals surface area contributed by atoms with Gasteiger partial charge in [-0.1, -0.05) is 30.3 Å². The van der Waals surface area contributed by atoms with Gasteiger partial charge in [0.1, 0.15) is 5.75 Å². The Labute approximate surface area is 122 Å². The molecule has 1 heterocycles. The summed E-state index contributed by atoms with van der Waals surface area (Å²) < 4.78 is 0. The lowest BCUT2D eigenvalue weighted by Crippen LogP contribution is -2.36. The van der Waals surface area contributed by atoms with Crippen molar-refractivity contribution in [1.82, 2.24) is 10.2 Å². The number of carbonyl (C=O) groups is 2. The normalized spacial score (nSPS) is 18.7. The van der Waals surface area contributed by atoms with E-state index >= 15 is 0 Å². The molecule has 1 unspecified atom stereocenters. The smallest absolute Gasteiger partial charge is 0.246 e. The van der Waals surface area contributed by atoms with E-state index in [-0.39, 0.29) is 24.0 Å². The predicted octanol–water partition coefficient (Wildman–Crippen LogP) is 1.39. The molecule has 1 aliphatic rings. The maximum atomic E-state index is 11.9. The van der Waals surface area contributed by atoms with Crippen LogP contribution in [0.4, 0.5) is 0 Å². The third-order valence-corrected chi connectivity index (χ3v) is 3.92. The number of likely N-dealkylation sites (N-methyl/N-ethyl adjacent to an activating group) is 1. The van der Waals surface area contributed by atoms with Gasteiger partial charge < -0.3 is 10.4 Å². The van der Waals surface area contributed by atoms with E-state index in [0.717, 1.165) is 21.2 Å². The lowest BCUT2D eigenvalue weighted by molar-refractivity contribution is -0.137. The summed E-state index contributed by atoms with van der Waals surface area (Å²) in [4.78, 5) is 24.5. The molecule has 21 heavy (non-hydrogen) atoms. The number of nitrogens with one attached hydrogen (secondary N) is 1. The van der Waals surface area contributed by atoms with E-state index in [2.05, 4.69) is 5.32 Å². The van der Waals surface area contributed by atoms with Crippen molar-refractivity contribution in [3.05, 3.63) is 42.0 Å². The average molecular weight is 284 g/mol. The average Bonchev–Trinajstić information content (AvgIpc) is 2.73. The van der Waals surface area contributed by atoms with Crippen LogP contribution in [0.2, 0.25) is 0 Å². The Balaban J connectivity index is 1.84. The van der Waals surface area contributed by atoms with Crippen LogP contribution in [-0.4, -0.2) is 34.9 Å². The highest BCUT2D eigenvalue weighted by molar-refractivity contribution is 6.05. The number of hydrogen-bond donors (Lipinski definition) is 2. The van der Waals surface area contributed by atoms with Gasteiger partial charge in [0.05, 0.1) is 12.5 Å². The molecule has 2 aromatic rings. The van der Waals surface area contributed by atoms with Crippen LogP contribution in [0.3, 0.4) is 0 Å². The molecule has 2 amide bonds. The summed E-state index contributed by atoms with van der Waals surface area (Å²) in [6.45, 7) is 0.338. The summed E-state index contributed by atoms with van der Waals surface area (Å²) in [5.74, 6) is -0.217. The van der Waals surface area contributed by atoms with Crippen LogP contribution in [0.5, 0.6) is 5.75 Å². The minimum Gasteiger partial charge on any atom is -0.508 e. The molecule has 1 atom stereocenters. The maximum absolute atomic E-state index is 11.9. The molecule has 1 saturated heterocycles. The molecule has 5 heteroatoms. The number of phenols is 1. The van der Waals surface area contributed by atoms with Crippen LogP contribution < -0.4 is 5.32 Å². The molecule has 3 rings (SSSR count). The summed E-state index contributed by atoms with van der Waals surface area (Å²) in [5.41, 5.74) is 0.739. The zero-order valence-corrected chi connectivity index (χ0v) is 11.7. The van der Waals surface area contributed by atoms with Gasteiger partial charge in [0.15, 0.2) is 0 Å². The van der Waals surface area contributed by atoms with Crippen molar-refractivity contribution in [1.29, 1.82) is 0 Å². The van der Waals surface area contributed by atoms with Crippen LogP contribution in [0.15, 0.2) is 36.4 Å². The topological polar surface area (TPSA) is 69.6 Å². The first-order valence-electron chi connectivity index (χ1n) is 6.81. The maximum Gasteiger partial charge on any atom is 0.246 e. The number of likely N-dealkylation sites (tertiary alicyclic amines) is 1. The molecule has 1 fully saturated rings. The van der Waals surface area contributed by atoms with Gasteiger partial charge >= 0.3 is 0 Å². The van der Waals surface area contributed by atoms with Gasteiger partial charge in [-0.25, -0.2) is 0 Å². The molecule has 0 radical (unpaired) electrons. The number of aromatic hydroxyl groups is 1. The van der Waals surface area contributed by atoms with Gasteiger partial charge in [0.25, 0.3) is 0 Å². The molecule has 5 nitrogen and oxygen atoms in total. The monoisotopic (exact) mass is 284 g/mol. The molecular formula is C16H16N2O3. The van der Waals surface area contributed by atoms with Crippen LogP contribution in [-0.2, 0) is 16.1 Å². The van der Waals surface area contributed by atoms with Gasteiger partial charge in [0, 0.05) is 19.2 Å². The molecule has 1 aliphatic heterocycles. The molecular weight excluding hydrogens is 268 g/mol. The van der Waals surface area contributed by atoms with Crippen molar-refractivity contribution < 1.29 is 14.7 Å². The summed E-state index contributed by atoms with van der Waals surface area (Å²) in [6, 6.07) is 10.7. The number of hydrogen-bond acceptors (Lipinski definition) is 4. The van der Waals surface area contributed by atoms with Crippen molar-refractivity contribution in [3.8, 4) is 5.75 Å². The Morgan fingerprint density at radius 1 is 1.24 bits per heavy atom. The van der Waals surface area contributed by atoms with Crippen molar-refractivity contribution in [2.75, 3.05) is 7.05 Å². The molecule has 0 spiro atoms. The van der Waals surface area contributed by atoms with Crippen LogP contribution in [0.1, 0.15) is 12.0 Å². The second kappa shape index (κ2) is 5.18. The number of benzene rings is 2. The third kappa shape index (κ3) is 2.36. The zero-order chi connectivity index (χ0) is 15.0. The van der Waals surface area contributed by atoms with Gasteiger partial charge in [0.2, 0.25) is 11.8 Å². The van der Waals surface area contributed by atoms with E-state index in [1.54, 1.807) is 6.07 Å². The first-order valence-corrected chi connectivity index (χ1v) is 6.81. The van der Waals surface area contributed by atoms with E-state index in [1.165, 1.54) is 7.05 Å². The van der Waals surface area contributed by atoms with E-state index in [0.29, 0.717) is 6.54 Å². The fourth-order valence-corrected chi connectivity index (χ4v) is 2.65. The Bertz CT molecular complexity index is 727. The van der Waals surface area contributed by atoms with Gasteiger partial charge in [-0.15, -0.1) is 0 Å². The molecule has 2 N–H and O–H groups in total. The molecule has 0 bridgehead atoms. The Morgan fingerprint density at radius 3 is 2.71 bits per heavy atom. The molecule has 0 aromatic heterocycles. The number of nitrogens with zero attached hydrogens (tertiary/aromatic N) is 1. The van der Waals surface area contributed by atoms with Gasteiger partial charge in [-0.05, 0) is 16.8 Å². The highest BCUT2D eigenvalue weighted by Crippen LogP contribution is 2.27. The fraction of sp³-hybridized carbons (Fsp3) is 0.250. The first kappa shape index (κ1) is 13.6. The second-order valence-corrected chi connectivity index (χ2v) is 5.21. The molecule has 2 aromatic carbocycles. The number of imide groups is 1. The summed E-state index contributed by atoms with van der Waals surface area (Å²) >= 11 is 0. The number of amides is 2. The SMILES string of the molecule is CN1C(=O)CC(NCc2c(O)ccc3ccccc23)C1=O. The van der Waals surface area contributed by atoms with Crippen molar-refractivity contribution in [3.63, 3.8) is 0 Å². The number of phenolic OH excluding ortho intramolecular Hbond substituents is 1. The number of rotatable bonds is 3. The third-order valence-electron chi connectivity index (χ3n) is 3.92. The minimum absolute atomic E-state index is 0.168. The fourth-order valence-electron chi connectivity index (χ4n) is 2.65. The Hall–Kier alpha value is -2.40. The van der Waals surface area contributed by atoms with Gasteiger partial charge in [-0.2, -0.15) is 0 Å². The van der Waals surface area contributed by atoms with Crippen LogP contribution in [0, 0.1) is 0 Å². The zero-order valence-electron chi connectivity index (χ0n) is 11.7. The summed E-state index contributed by atoms with van der Waals surface area (Å²) in [5, 5.41) is 15.1. The highest BCUT2D eigenvalue weighted by atomic mass is 16.3. The van der Waals surface area contributed by atoms with E-state index < -0.39 is 6.04 Å². The van der Waals surface area contributed by atoms with Crippen molar-refractivity contribution in [2.24, 2.45) is 0 Å². The minimum atomic E-state index is -0.513. The molecule has 108 valence electrons. The summed E-state index contributed by atoms with van der Waals surface area (Å²) in [7, 11) is 1.49. The van der Waals surface area contributed by atoms with E-state index in [4.69, 9.17) is 0 Å². The van der Waals surface area contributed by atoms with Crippen molar-refractivity contribution in [2.45, 2.75) is 19.0 Å². The van der Waals surface area contributed by atoms with Crippen molar-refractivity contribution >= 4 is 22.6 Å². The highest BCUT2D eigenvalue weighted by Gasteiger charge is 2.35. The van der Waals surface area contributed by atoms with E-state index in [1.807, 2.05) is 30.3 Å². The quantitative estimate of drug-likeness (QED) is 0.836. The molecule has 0 saturated carbocycles. The Morgan fingerprint density at radius 2 is 2.00 bits per heavy atom. The molecule has 0 aliphatic carbocycles. The van der Waals surface area contributed by atoms with Crippen LogP contribution in [0.25, 0.3) is 10.8 Å². The van der Waals surface area contributed by atoms with Crippen LogP contribution >= 0.6 is 0 Å². The first-order chi connectivity index (χ1) is 10.1. The predicted molar refractivity (Wildman–Crippen MR) is 78.6 cm³/mol. The lowest BCUT2D eigenvalue weighted by atomic mass is 10.0. The summed E-state index contributed by atoms with van der Waals surface area (Å²) in [6.07, 6.45) is 0.168. The largest absolute Gasteiger partial charge is 0.508 e. The Kier molecular flexibility index (Phi) is 3.35.